The lowest BCUT2D eigenvalue weighted by Crippen LogP contribution is -2.19. The molecule has 2 rings (SSSR count). The van der Waals surface area contributed by atoms with Gasteiger partial charge in [-0.3, -0.25) is 9.88 Å². The fraction of sp³-hybridized carbons (Fsp3) is 0.438. The number of pyridine rings is 1. The van der Waals surface area contributed by atoms with Gasteiger partial charge in [0, 0.05) is 24.3 Å². The van der Waals surface area contributed by atoms with Gasteiger partial charge in [-0.25, -0.2) is 0 Å². The van der Waals surface area contributed by atoms with Crippen LogP contribution in [0.2, 0.25) is 0 Å². The largest absolute Gasteiger partial charge is 0.468 e. The van der Waals surface area contributed by atoms with E-state index >= 15 is 0 Å². The van der Waals surface area contributed by atoms with Crippen molar-refractivity contribution < 1.29 is 4.42 Å². The second-order valence-electron chi connectivity index (χ2n) is 5.09. The Labute approximate surface area is 120 Å². The van der Waals surface area contributed by atoms with E-state index < -0.39 is 0 Å². The Balaban J connectivity index is 1.94. The van der Waals surface area contributed by atoms with Gasteiger partial charge in [-0.15, -0.1) is 0 Å². The number of hydrogen-bond donors (Lipinski definition) is 1. The molecule has 0 atom stereocenters. The first-order chi connectivity index (χ1) is 9.69. The molecule has 0 saturated heterocycles. The van der Waals surface area contributed by atoms with Crippen LogP contribution in [0.15, 0.2) is 34.9 Å². The Morgan fingerprint density at radius 1 is 1.25 bits per heavy atom. The predicted molar refractivity (Wildman–Crippen MR) is 80.2 cm³/mol. The molecule has 0 unspecified atom stereocenters. The molecular formula is C16H23N3O. The Morgan fingerprint density at radius 2 is 2.10 bits per heavy atom. The summed E-state index contributed by atoms with van der Waals surface area (Å²) in [4.78, 5) is 6.75. The average molecular weight is 273 g/mol. The molecule has 0 fully saturated rings. The maximum Gasteiger partial charge on any atom is 0.122 e. The third-order valence-corrected chi connectivity index (χ3v) is 3.19. The molecule has 0 bridgehead atoms. The number of rotatable bonds is 7. The van der Waals surface area contributed by atoms with Gasteiger partial charge in [0.2, 0.25) is 0 Å². The summed E-state index contributed by atoms with van der Waals surface area (Å²) < 4.78 is 5.59. The molecule has 0 spiro atoms. The Hall–Kier alpha value is -1.65. The maximum absolute atomic E-state index is 5.59. The molecule has 1 N–H and O–H groups in total. The first kappa shape index (κ1) is 14.8. The summed E-state index contributed by atoms with van der Waals surface area (Å²) in [5, 5.41) is 3.33. The van der Waals surface area contributed by atoms with Crippen LogP contribution >= 0.6 is 0 Å². The molecule has 4 nitrogen and oxygen atoms in total. The molecule has 20 heavy (non-hydrogen) atoms. The summed E-state index contributed by atoms with van der Waals surface area (Å²) in [5.41, 5.74) is 3.38. The standard InChI is InChI=1S/C16H23N3O/c1-4-17-10-14-8-9-20-16(14)12-19(3)11-15-7-5-6-13(2)18-15/h5-9,17H,4,10-12H2,1-3H3. The van der Waals surface area contributed by atoms with Gasteiger partial charge in [0.1, 0.15) is 5.76 Å². The fourth-order valence-electron chi connectivity index (χ4n) is 2.19. The summed E-state index contributed by atoms with van der Waals surface area (Å²) in [5.74, 6) is 1.03. The molecule has 108 valence electrons. The van der Waals surface area contributed by atoms with Crippen molar-refractivity contribution in [2.75, 3.05) is 13.6 Å². The van der Waals surface area contributed by atoms with Crippen LogP contribution in [0.3, 0.4) is 0 Å². The summed E-state index contributed by atoms with van der Waals surface area (Å²) in [6.07, 6.45) is 1.76. The molecule has 0 aliphatic carbocycles. The van der Waals surface area contributed by atoms with Gasteiger partial charge in [-0.2, -0.15) is 0 Å². The van der Waals surface area contributed by atoms with Crippen LogP contribution in [0, 0.1) is 6.92 Å². The number of aromatic nitrogens is 1. The molecule has 0 aliphatic heterocycles. The number of nitrogens with zero attached hydrogens (tertiary/aromatic N) is 2. The minimum absolute atomic E-state index is 0.795. The van der Waals surface area contributed by atoms with Crippen LogP contribution in [0.1, 0.15) is 29.6 Å². The number of aryl methyl sites for hydroxylation is 1. The third-order valence-electron chi connectivity index (χ3n) is 3.19. The Kier molecular flexibility index (Phi) is 5.32. The van der Waals surface area contributed by atoms with Gasteiger partial charge in [-0.1, -0.05) is 13.0 Å². The van der Waals surface area contributed by atoms with Gasteiger partial charge in [-0.05, 0) is 38.7 Å². The minimum atomic E-state index is 0.795. The monoisotopic (exact) mass is 273 g/mol. The van der Waals surface area contributed by atoms with Gasteiger partial charge in [0.15, 0.2) is 0 Å². The summed E-state index contributed by atoms with van der Waals surface area (Å²) >= 11 is 0. The zero-order chi connectivity index (χ0) is 14.4. The highest BCUT2D eigenvalue weighted by Gasteiger charge is 2.10. The van der Waals surface area contributed by atoms with Crippen molar-refractivity contribution in [3.63, 3.8) is 0 Å². The molecule has 0 radical (unpaired) electrons. The van der Waals surface area contributed by atoms with E-state index in [1.165, 1.54) is 5.56 Å². The number of nitrogens with one attached hydrogen (secondary N) is 1. The van der Waals surface area contributed by atoms with Crippen molar-refractivity contribution in [3.8, 4) is 0 Å². The van der Waals surface area contributed by atoms with Crippen LogP contribution in [-0.4, -0.2) is 23.5 Å². The smallest absolute Gasteiger partial charge is 0.122 e. The van der Waals surface area contributed by atoms with E-state index in [2.05, 4.69) is 41.3 Å². The van der Waals surface area contributed by atoms with Gasteiger partial charge < -0.3 is 9.73 Å². The van der Waals surface area contributed by atoms with Crippen LogP contribution < -0.4 is 5.32 Å². The molecule has 2 heterocycles. The second kappa shape index (κ2) is 7.22. The summed E-state index contributed by atoms with van der Waals surface area (Å²) in [6.45, 7) is 7.57. The number of furan rings is 1. The van der Waals surface area contributed by atoms with Gasteiger partial charge in [0.05, 0.1) is 18.5 Å². The summed E-state index contributed by atoms with van der Waals surface area (Å²) in [6, 6.07) is 8.17. The van der Waals surface area contributed by atoms with Crippen molar-refractivity contribution in [1.82, 2.24) is 15.2 Å². The highest BCUT2D eigenvalue weighted by Crippen LogP contribution is 2.14. The predicted octanol–water partition coefficient (Wildman–Crippen LogP) is 2.72. The van der Waals surface area contributed by atoms with Crippen molar-refractivity contribution in [2.24, 2.45) is 0 Å². The zero-order valence-corrected chi connectivity index (χ0v) is 12.5. The third kappa shape index (κ3) is 4.18. The van der Waals surface area contributed by atoms with Crippen molar-refractivity contribution in [1.29, 1.82) is 0 Å². The summed E-state index contributed by atoms with van der Waals surface area (Å²) in [7, 11) is 2.09. The van der Waals surface area contributed by atoms with E-state index in [0.29, 0.717) is 0 Å². The van der Waals surface area contributed by atoms with E-state index in [4.69, 9.17) is 4.42 Å². The Morgan fingerprint density at radius 3 is 2.85 bits per heavy atom. The van der Waals surface area contributed by atoms with Crippen molar-refractivity contribution in [2.45, 2.75) is 33.5 Å². The van der Waals surface area contributed by atoms with E-state index in [9.17, 15) is 0 Å². The quantitative estimate of drug-likeness (QED) is 0.842. The molecule has 0 saturated carbocycles. The van der Waals surface area contributed by atoms with Gasteiger partial charge >= 0.3 is 0 Å². The average Bonchev–Trinajstić information content (AvgIpc) is 2.83. The molecule has 2 aromatic rings. The topological polar surface area (TPSA) is 41.3 Å². The molecule has 0 aromatic carbocycles. The van der Waals surface area contributed by atoms with Crippen LogP contribution in [0.5, 0.6) is 0 Å². The molecule has 0 amide bonds. The van der Waals surface area contributed by atoms with Crippen LogP contribution in [0.25, 0.3) is 0 Å². The lowest BCUT2D eigenvalue weighted by atomic mass is 10.2. The first-order valence-corrected chi connectivity index (χ1v) is 7.06. The van der Waals surface area contributed by atoms with E-state index in [-0.39, 0.29) is 0 Å². The number of hydrogen-bond acceptors (Lipinski definition) is 4. The van der Waals surface area contributed by atoms with E-state index in [0.717, 1.165) is 43.3 Å². The highest BCUT2D eigenvalue weighted by molar-refractivity contribution is 5.17. The molecular weight excluding hydrogens is 250 g/mol. The lowest BCUT2D eigenvalue weighted by molar-refractivity contribution is 0.282. The lowest BCUT2D eigenvalue weighted by Gasteiger charge is -2.16. The Bertz CT molecular complexity index is 536. The second-order valence-corrected chi connectivity index (χ2v) is 5.09. The minimum Gasteiger partial charge on any atom is -0.468 e. The zero-order valence-electron chi connectivity index (χ0n) is 12.5. The maximum atomic E-state index is 5.59. The van der Waals surface area contributed by atoms with Gasteiger partial charge in [0.25, 0.3) is 0 Å². The van der Waals surface area contributed by atoms with E-state index in [1.54, 1.807) is 6.26 Å². The normalized spacial score (nSPS) is 11.2. The van der Waals surface area contributed by atoms with Crippen LogP contribution in [0.4, 0.5) is 0 Å². The first-order valence-electron chi connectivity index (χ1n) is 7.06. The van der Waals surface area contributed by atoms with Crippen molar-refractivity contribution in [3.05, 3.63) is 53.2 Å². The van der Waals surface area contributed by atoms with Crippen molar-refractivity contribution >= 4 is 0 Å². The highest BCUT2D eigenvalue weighted by atomic mass is 16.3. The molecule has 0 aliphatic rings. The molecule has 2 aromatic heterocycles. The molecule has 4 heteroatoms. The van der Waals surface area contributed by atoms with Crippen LogP contribution in [-0.2, 0) is 19.6 Å². The fourth-order valence-corrected chi connectivity index (χ4v) is 2.19. The SMILES string of the molecule is CCNCc1ccoc1CN(C)Cc1cccc(C)n1. The van der Waals surface area contributed by atoms with E-state index in [1.807, 2.05) is 19.1 Å².